The van der Waals surface area contributed by atoms with Crippen LogP contribution in [0.3, 0.4) is 0 Å². The molecule has 382 valence electrons. The highest BCUT2D eigenvalue weighted by Crippen LogP contribution is 2.39. The van der Waals surface area contributed by atoms with Crippen molar-refractivity contribution in [3.63, 3.8) is 0 Å². The highest BCUT2D eigenvalue weighted by atomic mass is 28.4. The Morgan fingerprint density at radius 2 is 1.13 bits per heavy atom. The predicted octanol–water partition coefficient (Wildman–Crippen LogP) is 8.38. The summed E-state index contributed by atoms with van der Waals surface area (Å²) in [4.78, 5) is 37.1. The standard InChI is InChI=1S/C53H76O15Si/c1-37(54)60-35-43-46(61-32-39-24-16-13-17-25-39)48(62-33-40-26-18-14-19-27-40)49(63-34-41-28-20-15-21-29-41)52(67-43)68-50-47(65-38(2)55)45(57)42(36-64-69(7,8)53(3,4)5)66-51(50)59-31-23-12-10-9-11-22-30-44(56)58-6/h13-21,24-29,42-43,45-52,57H,9-12,22-23,30-36H2,1-8H3/t42-,43-,45-,46-,47+,48+,49-,50-,51+,52?/m1/s1/i32D,33D,34D/t32?,33?,34?,42-,43-,45-,46-,47+,48+,49-,50-,51+,52?. The van der Waals surface area contributed by atoms with Crippen LogP contribution in [0.15, 0.2) is 91.0 Å². The SMILES string of the molecule is [2H]C(O[C@H]1[C@H](OC([2H])c2ccccc2)[C@@H](OC([2H])c2ccccc2)C(O[C@H]2[C@@H](OCCCCCCCCC(=O)OC)O[C@H](CO[Si](C)(C)C(C)(C)C)[C@@H](O)[C@@H]2OC(C)=O)O[C@@H]1COC(C)=O)c1ccccc1. The van der Waals surface area contributed by atoms with Crippen molar-refractivity contribution in [1.29, 1.82) is 0 Å². The lowest BCUT2D eigenvalue weighted by Crippen LogP contribution is -2.66. The lowest BCUT2D eigenvalue weighted by atomic mass is 9.96. The number of ether oxygens (including phenoxy) is 10. The van der Waals surface area contributed by atoms with E-state index in [1.807, 2.05) is 0 Å². The molecule has 0 radical (unpaired) electrons. The number of hydrogen-bond donors (Lipinski definition) is 1. The lowest BCUT2D eigenvalue weighted by Gasteiger charge is -2.49. The summed E-state index contributed by atoms with van der Waals surface area (Å²) in [6, 6.07) is 26.2. The molecule has 0 aromatic heterocycles. The number of carbonyl (C=O) groups excluding carboxylic acids is 3. The van der Waals surface area contributed by atoms with Gasteiger partial charge in [-0.05, 0) is 47.7 Å². The van der Waals surface area contributed by atoms with Crippen LogP contribution in [0.5, 0.6) is 0 Å². The number of hydrogen-bond acceptors (Lipinski definition) is 15. The van der Waals surface area contributed by atoms with E-state index in [4.69, 9.17) is 51.8 Å². The van der Waals surface area contributed by atoms with Crippen molar-refractivity contribution < 1.29 is 75.4 Å². The Balaban J connectivity index is 1.57. The predicted molar refractivity (Wildman–Crippen MR) is 259 cm³/mol. The van der Waals surface area contributed by atoms with Crippen molar-refractivity contribution in [2.75, 3.05) is 26.9 Å². The lowest BCUT2D eigenvalue weighted by molar-refractivity contribution is -0.377. The molecule has 0 spiro atoms. The highest BCUT2D eigenvalue weighted by molar-refractivity contribution is 6.74. The van der Waals surface area contributed by atoms with Gasteiger partial charge in [-0.2, -0.15) is 0 Å². The Morgan fingerprint density at radius 1 is 0.623 bits per heavy atom. The van der Waals surface area contributed by atoms with E-state index in [2.05, 4.69) is 33.9 Å². The summed E-state index contributed by atoms with van der Waals surface area (Å²) >= 11 is 0. The van der Waals surface area contributed by atoms with Crippen LogP contribution in [-0.2, 0) is 85.9 Å². The number of aliphatic hydroxyl groups is 1. The first-order valence-electron chi connectivity index (χ1n) is 25.7. The van der Waals surface area contributed by atoms with E-state index in [-0.39, 0.29) is 24.2 Å². The molecule has 0 aliphatic carbocycles. The van der Waals surface area contributed by atoms with Gasteiger partial charge in [0.1, 0.15) is 43.2 Å². The zero-order valence-corrected chi connectivity index (χ0v) is 42.4. The third-order valence-electron chi connectivity index (χ3n) is 12.4. The minimum atomic E-state index is -2.41. The maximum atomic E-state index is 13.0. The van der Waals surface area contributed by atoms with Crippen LogP contribution in [0.25, 0.3) is 0 Å². The van der Waals surface area contributed by atoms with Crippen molar-refractivity contribution in [2.24, 2.45) is 0 Å². The molecule has 2 aliphatic rings. The molecule has 69 heavy (non-hydrogen) atoms. The van der Waals surface area contributed by atoms with E-state index in [0.29, 0.717) is 29.5 Å². The average Bonchev–Trinajstić information content (AvgIpc) is 3.35. The second kappa shape index (κ2) is 28.1. The van der Waals surface area contributed by atoms with Gasteiger partial charge in [0.25, 0.3) is 0 Å². The molecule has 1 N–H and O–H groups in total. The van der Waals surface area contributed by atoms with E-state index in [1.165, 1.54) is 21.0 Å². The van der Waals surface area contributed by atoms with Crippen LogP contribution in [0.1, 0.15) is 100 Å². The van der Waals surface area contributed by atoms with Gasteiger partial charge < -0.3 is 56.9 Å². The van der Waals surface area contributed by atoms with Crippen LogP contribution < -0.4 is 0 Å². The molecule has 2 fully saturated rings. The quantitative estimate of drug-likeness (QED) is 0.0334. The largest absolute Gasteiger partial charge is 0.469 e. The summed E-state index contributed by atoms with van der Waals surface area (Å²) in [6.07, 6.45) is -8.73. The molecule has 0 bridgehead atoms. The minimum absolute atomic E-state index is 0.0592. The van der Waals surface area contributed by atoms with E-state index >= 15 is 0 Å². The van der Waals surface area contributed by atoms with E-state index in [9.17, 15) is 23.6 Å². The normalized spacial score (nSPS) is 27.2. The fourth-order valence-electron chi connectivity index (χ4n) is 7.53. The van der Waals surface area contributed by atoms with E-state index < -0.39 is 108 Å². The number of carbonyl (C=O) groups is 3. The zero-order valence-electron chi connectivity index (χ0n) is 44.4. The van der Waals surface area contributed by atoms with Crippen molar-refractivity contribution >= 4 is 26.2 Å². The Hall–Kier alpha value is -4.07. The van der Waals surface area contributed by atoms with Gasteiger partial charge in [0.15, 0.2) is 33.1 Å². The topological polar surface area (TPSA) is 173 Å². The second-order valence-electron chi connectivity index (χ2n) is 18.8. The first kappa shape index (κ1) is 51.3. The van der Waals surface area contributed by atoms with Crippen molar-refractivity contribution in [2.45, 2.75) is 179 Å². The number of benzene rings is 3. The molecule has 13 atom stereocenters. The fraction of sp³-hybridized carbons (Fsp3) is 0.604. The molecular formula is C53H76O15Si. The maximum absolute atomic E-state index is 13.0. The first-order chi connectivity index (χ1) is 34.3. The fourth-order valence-corrected chi connectivity index (χ4v) is 8.54. The molecule has 0 saturated carbocycles. The Bertz CT molecular complexity index is 2070. The molecule has 0 amide bonds. The Labute approximate surface area is 414 Å². The summed E-state index contributed by atoms with van der Waals surface area (Å²) in [6.45, 7) is 8.37. The summed E-state index contributed by atoms with van der Waals surface area (Å²) in [5, 5.41) is 12.0. The number of unbranched alkanes of at least 4 members (excludes halogenated alkanes) is 5. The molecule has 16 heteroatoms. The van der Waals surface area contributed by atoms with Gasteiger partial charge in [0.2, 0.25) is 0 Å². The van der Waals surface area contributed by atoms with Gasteiger partial charge in [0.05, 0.1) is 37.6 Å². The van der Waals surface area contributed by atoms with E-state index in [1.54, 1.807) is 91.0 Å². The number of esters is 3. The Morgan fingerprint density at radius 3 is 1.65 bits per heavy atom. The van der Waals surface area contributed by atoms with Gasteiger partial charge in [0, 0.05) is 26.9 Å². The average molecular weight is 984 g/mol. The van der Waals surface area contributed by atoms with Gasteiger partial charge >= 0.3 is 17.9 Å². The van der Waals surface area contributed by atoms with Crippen LogP contribution in [-0.4, -0.2) is 120 Å². The van der Waals surface area contributed by atoms with Crippen molar-refractivity contribution in [1.82, 2.24) is 0 Å². The molecule has 5 rings (SSSR count). The molecule has 2 aliphatic heterocycles. The van der Waals surface area contributed by atoms with Gasteiger partial charge in [-0.1, -0.05) is 137 Å². The smallest absolute Gasteiger partial charge is 0.305 e. The van der Waals surface area contributed by atoms with E-state index in [0.717, 1.165) is 32.1 Å². The Kier molecular flexibility index (Phi) is 20.9. The summed E-state index contributed by atoms with van der Waals surface area (Å²) in [7, 11) is -1.03. The molecule has 4 unspecified atom stereocenters. The number of rotatable bonds is 27. The third kappa shape index (κ3) is 17.9. The molecule has 15 nitrogen and oxygen atoms in total. The molecule has 3 aromatic carbocycles. The monoisotopic (exact) mass is 984 g/mol. The van der Waals surface area contributed by atoms with Crippen LogP contribution >= 0.6 is 0 Å². The van der Waals surface area contributed by atoms with Gasteiger partial charge in [-0.15, -0.1) is 0 Å². The molecule has 2 heterocycles. The molecule has 2 saturated heterocycles. The van der Waals surface area contributed by atoms with Gasteiger partial charge in [-0.3, -0.25) is 14.4 Å². The second-order valence-corrected chi connectivity index (χ2v) is 23.6. The first-order valence-corrected chi connectivity index (χ1v) is 26.9. The maximum Gasteiger partial charge on any atom is 0.305 e. The minimum Gasteiger partial charge on any atom is -0.469 e. The van der Waals surface area contributed by atoms with Gasteiger partial charge in [-0.25, -0.2) is 0 Å². The highest BCUT2D eigenvalue weighted by Gasteiger charge is 2.55. The number of methoxy groups -OCH3 is 1. The van der Waals surface area contributed by atoms with Crippen LogP contribution in [0.2, 0.25) is 18.1 Å². The summed E-state index contributed by atoms with van der Waals surface area (Å²) in [5.41, 5.74) is 1.39. The summed E-state index contributed by atoms with van der Waals surface area (Å²) < 4.78 is 97.1. The van der Waals surface area contributed by atoms with Crippen molar-refractivity contribution in [3.8, 4) is 0 Å². The zero-order chi connectivity index (χ0) is 52.4. The molecular weight excluding hydrogens is 905 g/mol. The van der Waals surface area contributed by atoms with Crippen LogP contribution in [0, 0.1) is 0 Å². The summed E-state index contributed by atoms with van der Waals surface area (Å²) in [5.74, 6) is -1.62. The number of aliphatic hydroxyl groups excluding tert-OH is 1. The molecule has 3 aromatic rings. The third-order valence-corrected chi connectivity index (χ3v) is 16.9. The van der Waals surface area contributed by atoms with Crippen molar-refractivity contribution in [3.05, 3.63) is 108 Å². The van der Waals surface area contributed by atoms with Crippen LogP contribution in [0.4, 0.5) is 0 Å².